The van der Waals surface area contributed by atoms with Gasteiger partial charge in [-0.05, 0) is 47.6 Å². The molecule has 0 radical (unpaired) electrons. The third-order valence-electron chi connectivity index (χ3n) is 10.6. The molecule has 6 atom stereocenters. The number of phenols is 2. The number of carbonyl (C=O) groups excluding carboxylic acids is 2. The van der Waals surface area contributed by atoms with Crippen LogP contribution in [0.25, 0.3) is 0 Å². The van der Waals surface area contributed by atoms with Crippen molar-refractivity contribution in [1.29, 1.82) is 0 Å². The van der Waals surface area contributed by atoms with Crippen molar-refractivity contribution in [3.63, 3.8) is 0 Å². The summed E-state index contributed by atoms with van der Waals surface area (Å²) in [6, 6.07) is 3.82. The number of aromatic hydroxyl groups is 2. The highest BCUT2D eigenvalue weighted by molar-refractivity contribution is 6.31. The first kappa shape index (κ1) is 36.0. The van der Waals surface area contributed by atoms with Crippen molar-refractivity contribution in [2.75, 3.05) is 7.11 Å². The highest BCUT2D eigenvalue weighted by Crippen LogP contribution is 2.52. The number of aliphatic hydroxyl groups excluding tert-OH is 1. The SMILES string of the molecule is COc1cccc2c1C(=O)c1c(O)c3c(c(O)c1C2=O)C[C@@](O)(/C(C)=N/N=C1CC(C)(C)N(O)C(C)(C)C1)C[C@@H]3O[C@H]1CC(N)[C@H](O)C(C)O1. The molecule has 50 heavy (non-hydrogen) atoms. The highest BCUT2D eigenvalue weighted by Gasteiger charge is 2.49. The van der Waals surface area contributed by atoms with Gasteiger partial charge in [0.1, 0.15) is 22.8 Å². The Morgan fingerprint density at radius 1 is 1.02 bits per heavy atom. The summed E-state index contributed by atoms with van der Waals surface area (Å²) in [4.78, 5) is 27.9. The van der Waals surface area contributed by atoms with Crippen molar-refractivity contribution in [2.45, 2.75) is 121 Å². The van der Waals surface area contributed by atoms with Crippen LogP contribution in [0.15, 0.2) is 28.4 Å². The standard InChI is InChI=1S/C36H46N4O10/c1-16-29(41)21(37)11-24(49-16)50-23-15-36(46,17(2)38-39-18-12-34(3,4)40(47)35(5,6)13-18)14-20-26(23)33(45)28-27(31(20)43)30(42)19-9-8-10-22(48-7)25(19)32(28)44/h8-10,16,21,23-24,29,41,43,45-47H,11-15,37H2,1-7H3/b38-17+/t16?,21?,23-,24-,29+,36-/m0/s1. The number of hydroxylamine groups is 2. The van der Waals surface area contributed by atoms with E-state index in [9.17, 15) is 35.2 Å². The summed E-state index contributed by atoms with van der Waals surface area (Å²) in [5.41, 5.74) is 3.18. The number of piperidine rings is 1. The number of ether oxygens (including phenoxy) is 3. The van der Waals surface area contributed by atoms with Crippen LogP contribution in [0, 0.1) is 0 Å². The second kappa shape index (κ2) is 12.5. The number of nitrogens with two attached hydrogens (primary N) is 1. The maximum absolute atomic E-state index is 14.0. The largest absolute Gasteiger partial charge is 0.507 e. The maximum Gasteiger partial charge on any atom is 0.202 e. The summed E-state index contributed by atoms with van der Waals surface area (Å²) < 4.78 is 17.6. The van der Waals surface area contributed by atoms with Gasteiger partial charge in [0.15, 0.2) is 12.1 Å². The zero-order valence-corrected chi connectivity index (χ0v) is 29.4. The van der Waals surface area contributed by atoms with Crippen molar-refractivity contribution in [3.8, 4) is 17.2 Å². The summed E-state index contributed by atoms with van der Waals surface area (Å²) in [6.07, 6.45) is -3.44. The quantitative estimate of drug-likeness (QED) is 0.129. The van der Waals surface area contributed by atoms with E-state index >= 15 is 0 Å². The fourth-order valence-electron chi connectivity index (χ4n) is 8.01. The Morgan fingerprint density at radius 3 is 2.28 bits per heavy atom. The van der Waals surface area contributed by atoms with E-state index in [-0.39, 0.29) is 53.0 Å². The van der Waals surface area contributed by atoms with Crippen LogP contribution in [0.5, 0.6) is 17.2 Å². The number of hydrogen-bond acceptors (Lipinski definition) is 14. The predicted molar refractivity (Wildman–Crippen MR) is 181 cm³/mol. The molecule has 2 saturated heterocycles. The third kappa shape index (κ3) is 5.82. The monoisotopic (exact) mass is 694 g/mol. The predicted octanol–water partition coefficient (Wildman–Crippen LogP) is 3.30. The molecule has 0 aromatic heterocycles. The molecule has 4 aliphatic rings. The molecule has 0 bridgehead atoms. The number of benzene rings is 2. The van der Waals surface area contributed by atoms with Crippen LogP contribution in [-0.4, -0.2) is 102 Å². The zero-order valence-electron chi connectivity index (χ0n) is 29.4. The molecule has 14 nitrogen and oxygen atoms in total. The number of nitrogens with zero attached hydrogens (tertiary/aromatic N) is 3. The smallest absolute Gasteiger partial charge is 0.202 e. The van der Waals surface area contributed by atoms with Gasteiger partial charge in [-0.2, -0.15) is 15.3 Å². The molecule has 0 saturated carbocycles. The van der Waals surface area contributed by atoms with Gasteiger partial charge in [-0.1, -0.05) is 12.1 Å². The molecular formula is C36H46N4O10. The van der Waals surface area contributed by atoms with E-state index in [4.69, 9.17) is 19.9 Å². The van der Waals surface area contributed by atoms with Crippen molar-refractivity contribution in [1.82, 2.24) is 5.06 Å². The lowest BCUT2D eigenvalue weighted by Crippen LogP contribution is -2.59. The van der Waals surface area contributed by atoms with Crippen LogP contribution in [-0.2, 0) is 15.9 Å². The average Bonchev–Trinajstić information content (AvgIpc) is 3.04. The van der Waals surface area contributed by atoms with Crippen LogP contribution in [0.1, 0.15) is 116 Å². The molecule has 270 valence electrons. The lowest BCUT2D eigenvalue weighted by atomic mass is 9.71. The number of fused-ring (bicyclic) bond motifs is 3. The lowest BCUT2D eigenvalue weighted by molar-refractivity contribution is -0.245. The molecule has 2 aromatic rings. The number of phenolic OH excluding ortho intramolecular Hbond substituents is 2. The molecule has 7 N–H and O–H groups in total. The first-order chi connectivity index (χ1) is 23.3. The number of carbonyl (C=O) groups is 2. The van der Waals surface area contributed by atoms with Gasteiger partial charge in [-0.3, -0.25) is 9.59 Å². The molecule has 0 spiro atoms. The number of rotatable bonds is 5. The van der Waals surface area contributed by atoms with Crippen LogP contribution >= 0.6 is 0 Å². The zero-order chi connectivity index (χ0) is 36.7. The molecule has 2 fully saturated rings. The summed E-state index contributed by atoms with van der Waals surface area (Å²) in [5, 5.41) is 67.3. The van der Waals surface area contributed by atoms with E-state index in [0.717, 1.165) is 0 Å². The van der Waals surface area contributed by atoms with E-state index in [1.807, 2.05) is 27.7 Å². The summed E-state index contributed by atoms with van der Waals surface area (Å²) in [5.74, 6) is -2.43. The molecular weight excluding hydrogens is 648 g/mol. The molecule has 2 aliphatic heterocycles. The fourth-order valence-corrected chi connectivity index (χ4v) is 8.01. The minimum absolute atomic E-state index is 0.000790. The van der Waals surface area contributed by atoms with E-state index in [2.05, 4.69) is 10.2 Å². The summed E-state index contributed by atoms with van der Waals surface area (Å²) >= 11 is 0. The Bertz CT molecular complexity index is 1790. The number of hydrogen-bond donors (Lipinski definition) is 6. The van der Waals surface area contributed by atoms with Crippen molar-refractivity contribution in [2.24, 2.45) is 15.9 Å². The van der Waals surface area contributed by atoms with Gasteiger partial charge in [0.25, 0.3) is 0 Å². The van der Waals surface area contributed by atoms with Gasteiger partial charge in [0.05, 0.1) is 47.8 Å². The Morgan fingerprint density at radius 2 is 1.66 bits per heavy atom. The molecule has 2 aliphatic carbocycles. The second-order valence-corrected chi connectivity index (χ2v) is 15.2. The van der Waals surface area contributed by atoms with E-state index < -0.39 is 81.5 Å². The van der Waals surface area contributed by atoms with Gasteiger partial charge in [0.2, 0.25) is 5.78 Å². The Kier molecular flexibility index (Phi) is 8.99. The van der Waals surface area contributed by atoms with Crippen LogP contribution < -0.4 is 10.5 Å². The minimum Gasteiger partial charge on any atom is -0.507 e. The Hall–Kier alpha value is -3.76. The van der Waals surface area contributed by atoms with Crippen LogP contribution in [0.3, 0.4) is 0 Å². The first-order valence-electron chi connectivity index (χ1n) is 16.7. The highest BCUT2D eigenvalue weighted by atomic mass is 16.7. The van der Waals surface area contributed by atoms with Gasteiger partial charge in [-0.15, -0.1) is 0 Å². The second-order valence-electron chi connectivity index (χ2n) is 15.2. The normalized spacial score (nSPS) is 30.7. The lowest BCUT2D eigenvalue weighted by Gasteiger charge is -2.48. The summed E-state index contributed by atoms with van der Waals surface area (Å²) in [7, 11) is 1.36. The topological polar surface area (TPSA) is 217 Å². The van der Waals surface area contributed by atoms with Crippen LogP contribution in [0.2, 0.25) is 0 Å². The number of aliphatic hydroxyl groups is 2. The fraction of sp³-hybridized carbons (Fsp3) is 0.556. The van der Waals surface area contributed by atoms with Gasteiger partial charge < -0.3 is 45.6 Å². The van der Waals surface area contributed by atoms with E-state index in [1.165, 1.54) is 24.3 Å². The molecule has 6 rings (SSSR count). The van der Waals surface area contributed by atoms with Gasteiger partial charge in [0, 0.05) is 71.6 Å². The van der Waals surface area contributed by atoms with E-state index in [1.54, 1.807) is 19.9 Å². The molecule has 2 unspecified atom stereocenters. The average molecular weight is 695 g/mol. The van der Waals surface area contributed by atoms with Crippen LogP contribution in [0.4, 0.5) is 0 Å². The Balaban J connectivity index is 1.46. The van der Waals surface area contributed by atoms with E-state index in [0.29, 0.717) is 18.6 Å². The molecule has 0 amide bonds. The number of ketones is 2. The summed E-state index contributed by atoms with van der Waals surface area (Å²) in [6.45, 7) is 10.8. The van der Waals surface area contributed by atoms with Crippen molar-refractivity contribution < 1.29 is 49.4 Å². The first-order valence-corrected chi connectivity index (χ1v) is 16.7. The minimum atomic E-state index is -1.81. The van der Waals surface area contributed by atoms with Crippen molar-refractivity contribution in [3.05, 3.63) is 51.6 Å². The molecule has 2 aromatic carbocycles. The molecule has 2 heterocycles. The molecule has 14 heteroatoms. The number of methoxy groups -OCH3 is 1. The van der Waals surface area contributed by atoms with Crippen molar-refractivity contribution >= 4 is 23.0 Å². The van der Waals surface area contributed by atoms with Gasteiger partial charge in [-0.25, -0.2) is 0 Å². The van der Waals surface area contributed by atoms with Gasteiger partial charge >= 0.3 is 0 Å². The third-order valence-corrected chi connectivity index (χ3v) is 10.6. The maximum atomic E-state index is 14.0. The Labute approximate surface area is 290 Å².